The predicted octanol–water partition coefficient (Wildman–Crippen LogP) is 1.06. The first-order valence-electron chi connectivity index (χ1n) is 5.80. The van der Waals surface area contributed by atoms with Gasteiger partial charge >= 0.3 is 0 Å². The lowest BCUT2D eigenvalue weighted by atomic mass is 10.4. The lowest BCUT2D eigenvalue weighted by Crippen LogP contribution is -2.17. The molecule has 2 aromatic heterocycles. The second kappa shape index (κ2) is 7.55. The summed E-state index contributed by atoms with van der Waals surface area (Å²) in [4.78, 5) is 15.8. The second-order valence-corrected chi connectivity index (χ2v) is 5.58. The van der Waals surface area contributed by atoms with Gasteiger partial charge in [0.05, 0.1) is 22.3 Å². The quantitative estimate of drug-likeness (QED) is 0.751. The number of pyridine rings is 1. The summed E-state index contributed by atoms with van der Waals surface area (Å²) in [5, 5.41) is 14.9. The summed E-state index contributed by atoms with van der Waals surface area (Å²) in [6.07, 6.45) is 1.40. The van der Waals surface area contributed by atoms with Gasteiger partial charge < -0.3 is 11.1 Å². The molecule has 2 aromatic rings. The van der Waals surface area contributed by atoms with Crippen LogP contribution in [0.2, 0.25) is 10.0 Å². The maximum atomic E-state index is 11.8. The van der Waals surface area contributed by atoms with Gasteiger partial charge in [-0.15, -0.1) is 5.10 Å². The van der Waals surface area contributed by atoms with Gasteiger partial charge in [-0.05, 0) is 16.5 Å². The summed E-state index contributed by atoms with van der Waals surface area (Å²) in [6, 6.07) is 1.50. The molecule has 11 heteroatoms. The third-order valence-corrected chi connectivity index (χ3v) is 3.69. The molecule has 0 radical (unpaired) electrons. The summed E-state index contributed by atoms with van der Waals surface area (Å²) < 4.78 is 1.53. The van der Waals surface area contributed by atoms with Crippen LogP contribution < -0.4 is 11.1 Å². The van der Waals surface area contributed by atoms with Gasteiger partial charge in [0, 0.05) is 12.7 Å². The molecule has 2 heterocycles. The van der Waals surface area contributed by atoms with Crippen molar-refractivity contribution in [3.05, 3.63) is 22.3 Å². The van der Waals surface area contributed by atoms with Crippen LogP contribution in [0.25, 0.3) is 0 Å². The van der Waals surface area contributed by atoms with Crippen LogP contribution in [0.5, 0.6) is 0 Å². The number of carbonyl (C=O) groups excluding carboxylic acids is 1. The summed E-state index contributed by atoms with van der Waals surface area (Å²) in [5.74, 6) is 0.0956. The fraction of sp³-hybridized carbons (Fsp3) is 0.300. The molecule has 0 atom stereocenters. The zero-order chi connectivity index (χ0) is 15.2. The van der Waals surface area contributed by atoms with E-state index in [0.29, 0.717) is 23.3 Å². The van der Waals surface area contributed by atoms with Crippen LogP contribution in [-0.4, -0.2) is 43.4 Å². The summed E-state index contributed by atoms with van der Waals surface area (Å²) in [6.45, 7) is 0.899. The number of hydrogen-bond acceptors (Lipinski definition) is 7. The van der Waals surface area contributed by atoms with E-state index in [4.69, 9.17) is 28.9 Å². The van der Waals surface area contributed by atoms with Crippen LogP contribution in [0.15, 0.2) is 17.4 Å². The first-order valence-corrected chi connectivity index (χ1v) is 7.54. The first-order chi connectivity index (χ1) is 10.1. The van der Waals surface area contributed by atoms with E-state index in [0.717, 1.165) is 0 Å². The van der Waals surface area contributed by atoms with Crippen LogP contribution in [0.3, 0.4) is 0 Å². The van der Waals surface area contributed by atoms with Crippen LogP contribution in [0.1, 0.15) is 0 Å². The number of nitrogens with two attached hydrogens (primary N) is 1. The normalized spacial score (nSPS) is 10.6. The highest BCUT2D eigenvalue weighted by Gasteiger charge is 2.11. The molecule has 2 rings (SSSR count). The lowest BCUT2D eigenvalue weighted by molar-refractivity contribution is -0.113. The number of anilines is 1. The largest absolute Gasteiger partial charge is 0.329 e. The SMILES string of the molecule is NCCn1nnnc1SCC(=O)Nc1ncc(Cl)cc1Cl. The summed E-state index contributed by atoms with van der Waals surface area (Å²) >= 11 is 12.8. The second-order valence-electron chi connectivity index (χ2n) is 3.79. The number of tetrazole rings is 1. The Balaban J connectivity index is 1.91. The molecule has 0 fully saturated rings. The van der Waals surface area contributed by atoms with Crippen molar-refractivity contribution < 1.29 is 4.79 Å². The topological polar surface area (TPSA) is 112 Å². The molecule has 0 unspecified atom stereocenters. The predicted molar refractivity (Wildman–Crippen MR) is 80.5 cm³/mol. The maximum Gasteiger partial charge on any atom is 0.236 e. The minimum Gasteiger partial charge on any atom is -0.329 e. The van der Waals surface area contributed by atoms with Gasteiger partial charge in [0.25, 0.3) is 0 Å². The van der Waals surface area contributed by atoms with E-state index in [2.05, 4.69) is 25.8 Å². The average Bonchev–Trinajstić information content (AvgIpc) is 2.88. The Labute approximate surface area is 134 Å². The molecule has 0 aliphatic rings. The fourth-order valence-electron chi connectivity index (χ4n) is 1.37. The Kier molecular flexibility index (Phi) is 5.74. The summed E-state index contributed by atoms with van der Waals surface area (Å²) in [7, 11) is 0. The number of nitrogens with one attached hydrogen (secondary N) is 1. The molecule has 21 heavy (non-hydrogen) atoms. The Morgan fingerprint density at radius 3 is 3.00 bits per heavy atom. The minimum atomic E-state index is -0.279. The molecule has 0 saturated carbocycles. The first kappa shape index (κ1) is 16.0. The molecule has 0 aliphatic carbocycles. The molecular weight excluding hydrogens is 337 g/mol. The van der Waals surface area contributed by atoms with Crippen molar-refractivity contribution in [2.24, 2.45) is 5.73 Å². The molecule has 0 bridgehead atoms. The van der Waals surface area contributed by atoms with Crippen molar-refractivity contribution in [3.8, 4) is 0 Å². The van der Waals surface area contributed by atoms with Crippen LogP contribution >= 0.6 is 35.0 Å². The fourth-order valence-corrected chi connectivity index (χ4v) is 2.50. The van der Waals surface area contributed by atoms with E-state index < -0.39 is 0 Å². The highest BCUT2D eigenvalue weighted by atomic mass is 35.5. The highest BCUT2D eigenvalue weighted by Crippen LogP contribution is 2.23. The van der Waals surface area contributed by atoms with Gasteiger partial charge in [0.1, 0.15) is 0 Å². The van der Waals surface area contributed by atoms with Crippen molar-refractivity contribution in [1.29, 1.82) is 0 Å². The van der Waals surface area contributed by atoms with Crippen LogP contribution in [0.4, 0.5) is 5.82 Å². The van der Waals surface area contributed by atoms with Crippen molar-refractivity contribution >= 4 is 46.7 Å². The van der Waals surface area contributed by atoms with Crippen molar-refractivity contribution in [3.63, 3.8) is 0 Å². The van der Waals surface area contributed by atoms with Gasteiger partial charge in [-0.1, -0.05) is 35.0 Å². The van der Waals surface area contributed by atoms with Gasteiger partial charge in [0.15, 0.2) is 5.82 Å². The van der Waals surface area contributed by atoms with E-state index in [1.165, 1.54) is 28.7 Å². The molecule has 0 aliphatic heterocycles. The van der Waals surface area contributed by atoms with Crippen LogP contribution in [0, 0.1) is 0 Å². The molecular formula is C10H11Cl2N7OS. The van der Waals surface area contributed by atoms with Gasteiger partial charge in [0.2, 0.25) is 11.1 Å². The molecule has 0 spiro atoms. The zero-order valence-electron chi connectivity index (χ0n) is 10.7. The standard InChI is InChI=1S/C10H11Cl2N7OS/c11-6-3-7(12)9(14-4-6)15-8(20)5-21-10-16-17-18-19(10)2-1-13/h3-4H,1-2,5,13H2,(H,14,15,20). The number of carbonyl (C=O) groups is 1. The number of aromatic nitrogens is 5. The average molecular weight is 348 g/mol. The maximum absolute atomic E-state index is 11.8. The van der Waals surface area contributed by atoms with Crippen molar-refractivity contribution in [2.75, 3.05) is 17.6 Å². The molecule has 0 aromatic carbocycles. The number of rotatable bonds is 6. The van der Waals surface area contributed by atoms with E-state index in [1.807, 2.05) is 0 Å². The van der Waals surface area contributed by atoms with E-state index in [1.54, 1.807) is 0 Å². The Bertz CT molecular complexity index is 636. The molecule has 1 amide bonds. The Morgan fingerprint density at radius 2 is 2.29 bits per heavy atom. The minimum absolute atomic E-state index is 0.117. The molecule has 8 nitrogen and oxygen atoms in total. The Hall–Kier alpha value is -1.42. The highest BCUT2D eigenvalue weighted by molar-refractivity contribution is 7.99. The van der Waals surface area contributed by atoms with Gasteiger partial charge in [-0.3, -0.25) is 4.79 Å². The lowest BCUT2D eigenvalue weighted by Gasteiger charge is -2.06. The number of thioether (sulfide) groups is 1. The Morgan fingerprint density at radius 1 is 1.48 bits per heavy atom. The van der Waals surface area contributed by atoms with E-state index >= 15 is 0 Å². The van der Waals surface area contributed by atoms with E-state index in [-0.39, 0.29) is 22.5 Å². The zero-order valence-corrected chi connectivity index (χ0v) is 13.0. The molecule has 0 saturated heterocycles. The number of amides is 1. The molecule has 3 N–H and O–H groups in total. The van der Waals surface area contributed by atoms with Crippen molar-refractivity contribution in [1.82, 2.24) is 25.2 Å². The number of halogens is 2. The van der Waals surface area contributed by atoms with Crippen molar-refractivity contribution in [2.45, 2.75) is 11.7 Å². The number of hydrogen-bond donors (Lipinski definition) is 2. The van der Waals surface area contributed by atoms with Crippen LogP contribution in [-0.2, 0) is 11.3 Å². The monoisotopic (exact) mass is 347 g/mol. The third-order valence-electron chi connectivity index (χ3n) is 2.24. The number of nitrogens with zero attached hydrogens (tertiary/aromatic N) is 5. The van der Waals surface area contributed by atoms with Gasteiger partial charge in [-0.25, -0.2) is 9.67 Å². The third kappa shape index (κ3) is 4.53. The summed E-state index contributed by atoms with van der Waals surface area (Å²) in [5.41, 5.74) is 5.44. The molecule has 112 valence electrons. The van der Waals surface area contributed by atoms with Gasteiger partial charge in [-0.2, -0.15) is 0 Å². The smallest absolute Gasteiger partial charge is 0.236 e. The van der Waals surface area contributed by atoms with E-state index in [9.17, 15) is 4.79 Å².